The number of rotatable bonds is 7. The van der Waals surface area contributed by atoms with E-state index >= 15 is 0 Å². The van der Waals surface area contributed by atoms with Crippen LogP contribution in [0.4, 0.5) is 0 Å². The van der Waals surface area contributed by atoms with Gasteiger partial charge in [-0.25, -0.2) is 9.67 Å². The second-order valence-corrected chi connectivity index (χ2v) is 5.95. The fourth-order valence-corrected chi connectivity index (χ4v) is 2.77. The van der Waals surface area contributed by atoms with Gasteiger partial charge in [-0.1, -0.05) is 6.07 Å². The van der Waals surface area contributed by atoms with Crippen LogP contribution in [0.25, 0.3) is 5.69 Å². The van der Waals surface area contributed by atoms with Gasteiger partial charge in [-0.2, -0.15) is 5.10 Å². The summed E-state index contributed by atoms with van der Waals surface area (Å²) >= 11 is 0. The van der Waals surface area contributed by atoms with E-state index in [4.69, 9.17) is 0 Å². The molecule has 2 heterocycles. The minimum absolute atomic E-state index is 0.134. The Kier molecular flexibility index (Phi) is 5.08. The van der Waals surface area contributed by atoms with Crippen molar-refractivity contribution in [3.8, 4) is 5.69 Å². The average molecular weight is 325 g/mol. The maximum atomic E-state index is 9.37. The van der Waals surface area contributed by atoms with Gasteiger partial charge < -0.3 is 9.67 Å². The van der Waals surface area contributed by atoms with Gasteiger partial charge in [0.2, 0.25) is 0 Å². The number of aliphatic hydroxyl groups excluding tert-OH is 1. The van der Waals surface area contributed by atoms with Gasteiger partial charge in [-0.15, -0.1) is 0 Å². The van der Waals surface area contributed by atoms with Gasteiger partial charge in [0.15, 0.2) is 0 Å². The molecule has 1 aromatic carbocycles. The van der Waals surface area contributed by atoms with Crippen molar-refractivity contribution in [2.45, 2.75) is 20.0 Å². The van der Waals surface area contributed by atoms with Crippen LogP contribution < -0.4 is 0 Å². The summed E-state index contributed by atoms with van der Waals surface area (Å²) in [4.78, 5) is 6.58. The zero-order valence-corrected chi connectivity index (χ0v) is 14.1. The van der Waals surface area contributed by atoms with E-state index in [1.807, 2.05) is 34.8 Å². The van der Waals surface area contributed by atoms with Crippen LogP contribution >= 0.6 is 0 Å². The summed E-state index contributed by atoms with van der Waals surface area (Å²) in [6.07, 6.45) is 7.46. The molecule has 0 bridgehead atoms. The molecule has 3 aromatic rings. The van der Waals surface area contributed by atoms with Crippen LogP contribution in [0.5, 0.6) is 0 Å². The lowest BCUT2D eigenvalue weighted by Gasteiger charge is -2.22. The largest absolute Gasteiger partial charge is 0.395 e. The van der Waals surface area contributed by atoms with Crippen LogP contribution in [0.1, 0.15) is 17.0 Å². The Labute approximate surface area is 142 Å². The van der Waals surface area contributed by atoms with Crippen molar-refractivity contribution in [1.82, 2.24) is 24.2 Å². The van der Waals surface area contributed by atoms with Gasteiger partial charge >= 0.3 is 0 Å². The molecule has 0 amide bonds. The van der Waals surface area contributed by atoms with E-state index in [2.05, 4.69) is 40.1 Å². The van der Waals surface area contributed by atoms with E-state index in [1.165, 1.54) is 11.1 Å². The van der Waals surface area contributed by atoms with Crippen molar-refractivity contribution in [2.75, 3.05) is 13.2 Å². The van der Waals surface area contributed by atoms with Crippen LogP contribution in [0, 0.1) is 6.92 Å². The highest BCUT2D eigenvalue weighted by atomic mass is 16.3. The van der Waals surface area contributed by atoms with E-state index < -0.39 is 0 Å². The molecule has 0 fully saturated rings. The molecule has 2 aromatic heterocycles. The molecule has 126 valence electrons. The highest BCUT2D eigenvalue weighted by Crippen LogP contribution is 2.17. The smallest absolute Gasteiger partial charge is 0.122 e. The second-order valence-electron chi connectivity index (χ2n) is 5.95. The number of nitrogens with zero attached hydrogens (tertiary/aromatic N) is 5. The van der Waals surface area contributed by atoms with Crippen molar-refractivity contribution in [3.63, 3.8) is 0 Å². The van der Waals surface area contributed by atoms with Crippen LogP contribution in [-0.2, 0) is 20.1 Å². The Morgan fingerprint density at radius 2 is 2.04 bits per heavy atom. The molecule has 0 unspecified atom stereocenters. The maximum absolute atomic E-state index is 9.37. The summed E-state index contributed by atoms with van der Waals surface area (Å²) in [6, 6.07) is 8.27. The summed E-state index contributed by atoms with van der Waals surface area (Å²) in [7, 11) is 1.99. The quantitative estimate of drug-likeness (QED) is 0.721. The zero-order valence-electron chi connectivity index (χ0n) is 14.1. The van der Waals surface area contributed by atoms with Gasteiger partial charge in [0.1, 0.15) is 5.82 Å². The van der Waals surface area contributed by atoms with Gasteiger partial charge in [0.25, 0.3) is 0 Å². The Morgan fingerprint density at radius 1 is 1.17 bits per heavy atom. The lowest BCUT2D eigenvalue weighted by Crippen LogP contribution is -2.27. The lowest BCUT2D eigenvalue weighted by atomic mass is 10.1. The normalized spacial score (nSPS) is 11.3. The lowest BCUT2D eigenvalue weighted by molar-refractivity contribution is 0.180. The minimum Gasteiger partial charge on any atom is -0.395 e. The molecule has 0 saturated heterocycles. The third kappa shape index (κ3) is 3.72. The highest BCUT2D eigenvalue weighted by Gasteiger charge is 2.11. The molecule has 0 radical (unpaired) electrons. The number of aromatic nitrogens is 4. The van der Waals surface area contributed by atoms with E-state index in [1.54, 1.807) is 12.4 Å². The van der Waals surface area contributed by atoms with Gasteiger partial charge in [-0.3, -0.25) is 4.90 Å². The SMILES string of the molecule is Cc1cc(-n2cccn2)ccc1CN(CCO)Cc1nccn1C. The molecule has 0 spiro atoms. The van der Waals surface area contributed by atoms with Gasteiger partial charge in [-0.05, 0) is 36.2 Å². The molecule has 0 aliphatic heterocycles. The first-order chi connectivity index (χ1) is 11.7. The van der Waals surface area contributed by atoms with E-state index in [-0.39, 0.29) is 6.61 Å². The summed E-state index contributed by atoms with van der Waals surface area (Å²) in [6.45, 7) is 4.35. The number of hydrogen-bond donors (Lipinski definition) is 1. The van der Waals surface area contributed by atoms with Crippen LogP contribution in [0.15, 0.2) is 49.1 Å². The molecule has 0 aliphatic carbocycles. The first kappa shape index (κ1) is 16.4. The molecule has 6 heteroatoms. The Hall–Kier alpha value is -2.44. The topological polar surface area (TPSA) is 59.1 Å². The maximum Gasteiger partial charge on any atom is 0.122 e. The number of hydrogen-bond acceptors (Lipinski definition) is 4. The number of imidazole rings is 1. The molecular formula is C18H23N5O. The van der Waals surface area contributed by atoms with Crippen molar-refractivity contribution in [1.29, 1.82) is 0 Å². The molecule has 3 rings (SSSR count). The predicted octanol–water partition coefficient (Wildman–Crippen LogP) is 1.91. The van der Waals surface area contributed by atoms with Crippen molar-refractivity contribution >= 4 is 0 Å². The van der Waals surface area contributed by atoms with E-state index in [9.17, 15) is 5.11 Å². The second kappa shape index (κ2) is 7.42. The number of aryl methyl sites for hydroxylation is 2. The number of benzene rings is 1. The summed E-state index contributed by atoms with van der Waals surface area (Å²) in [5.41, 5.74) is 3.51. The number of aliphatic hydroxyl groups is 1. The molecular weight excluding hydrogens is 302 g/mol. The third-order valence-electron chi connectivity index (χ3n) is 4.19. The predicted molar refractivity (Wildman–Crippen MR) is 92.7 cm³/mol. The van der Waals surface area contributed by atoms with Gasteiger partial charge in [0.05, 0.1) is 18.8 Å². The molecule has 0 atom stereocenters. The molecule has 0 saturated carbocycles. The molecule has 1 N–H and O–H groups in total. The Morgan fingerprint density at radius 3 is 2.67 bits per heavy atom. The fourth-order valence-electron chi connectivity index (χ4n) is 2.77. The molecule has 24 heavy (non-hydrogen) atoms. The standard InChI is InChI=1S/C18H23N5O/c1-15-12-17(23-8-3-6-20-23)5-4-16(15)13-22(10-11-24)14-18-19-7-9-21(18)2/h3-9,12,24H,10-11,13-14H2,1-2H3. The van der Waals surface area contributed by atoms with E-state index in [0.29, 0.717) is 13.1 Å². The first-order valence-electron chi connectivity index (χ1n) is 8.06. The zero-order chi connectivity index (χ0) is 16.9. The van der Waals surface area contributed by atoms with Crippen LogP contribution in [-0.4, -0.2) is 42.5 Å². The fraction of sp³-hybridized carbons (Fsp3) is 0.333. The van der Waals surface area contributed by atoms with Crippen LogP contribution in [0.2, 0.25) is 0 Å². The summed E-state index contributed by atoms with van der Waals surface area (Å²) in [5, 5.41) is 13.6. The highest BCUT2D eigenvalue weighted by molar-refractivity contribution is 5.39. The minimum atomic E-state index is 0.134. The molecule has 0 aliphatic rings. The van der Waals surface area contributed by atoms with Crippen LogP contribution in [0.3, 0.4) is 0 Å². The molecule has 6 nitrogen and oxygen atoms in total. The Bertz CT molecular complexity index is 779. The third-order valence-corrected chi connectivity index (χ3v) is 4.19. The summed E-state index contributed by atoms with van der Waals surface area (Å²) in [5.74, 6) is 0.995. The van der Waals surface area contributed by atoms with E-state index in [0.717, 1.165) is 18.1 Å². The summed E-state index contributed by atoms with van der Waals surface area (Å²) < 4.78 is 3.87. The Balaban J connectivity index is 1.76. The van der Waals surface area contributed by atoms with Crippen molar-refractivity contribution in [2.24, 2.45) is 7.05 Å². The average Bonchev–Trinajstić information content (AvgIpc) is 3.22. The van der Waals surface area contributed by atoms with Gasteiger partial charge in [0, 0.05) is 44.9 Å². The van der Waals surface area contributed by atoms with Crippen molar-refractivity contribution in [3.05, 3.63) is 66.0 Å². The van der Waals surface area contributed by atoms with Crippen molar-refractivity contribution < 1.29 is 5.11 Å². The first-order valence-corrected chi connectivity index (χ1v) is 8.06. The monoisotopic (exact) mass is 325 g/mol.